The Morgan fingerprint density at radius 1 is 1.45 bits per heavy atom. The molecule has 5 heteroatoms. The minimum Gasteiger partial charge on any atom is -0.361 e. The van der Waals surface area contributed by atoms with Crippen molar-refractivity contribution < 1.29 is 9.32 Å². The van der Waals surface area contributed by atoms with Crippen LogP contribution in [0.5, 0.6) is 0 Å². The van der Waals surface area contributed by atoms with E-state index in [0.717, 1.165) is 18.7 Å². The maximum Gasteiger partial charge on any atom is 0.273 e. The Bertz CT molecular complexity index is 468. The minimum atomic E-state index is -0.167. The Morgan fingerprint density at radius 2 is 2.14 bits per heavy atom. The molecule has 1 unspecified atom stereocenters. The van der Waals surface area contributed by atoms with Crippen LogP contribution >= 0.6 is 0 Å². The van der Waals surface area contributed by atoms with E-state index in [1.165, 1.54) is 12.8 Å². The van der Waals surface area contributed by atoms with Gasteiger partial charge in [0, 0.05) is 25.1 Å². The molecule has 0 radical (unpaired) electrons. The average molecular weight is 309 g/mol. The lowest BCUT2D eigenvalue weighted by atomic mass is 9.84. The van der Waals surface area contributed by atoms with Gasteiger partial charge in [0.15, 0.2) is 5.69 Å². The number of unbranched alkanes of at least 4 members (excludes halogenated alkanes) is 1. The maximum absolute atomic E-state index is 12.1. The van der Waals surface area contributed by atoms with Gasteiger partial charge in [0.05, 0.1) is 0 Å². The van der Waals surface area contributed by atoms with E-state index in [2.05, 4.69) is 50.1 Å². The topological polar surface area (TPSA) is 58.4 Å². The zero-order valence-corrected chi connectivity index (χ0v) is 14.9. The molecule has 1 atom stereocenters. The second-order valence-electron chi connectivity index (χ2n) is 6.71. The number of rotatable bonds is 9. The van der Waals surface area contributed by atoms with Gasteiger partial charge in [-0.25, -0.2) is 0 Å². The number of aryl methyl sites for hydroxylation is 1. The summed E-state index contributed by atoms with van der Waals surface area (Å²) in [6, 6.07) is 2.09. The lowest BCUT2D eigenvalue weighted by molar-refractivity contribution is 0.0868. The van der Waals surface area contributed by atoms with Crippen molar-refractivity contribution in [1.82, 2.24) is 15.4 Å². The van der Waals surface area contributed by atoms with Crippen molar-refractivity contribution in [2.75, 3.05) is 20.1 Å². The first-order chi connectivity index (χ1) is 10.3. The van der Waals surface area contributed by atoms with Gasteiger partial charge < -0.3 is 14.7 Å². The standard InChI is InChI=1S/C17H31N3O2/c1-7-9-10-20(6)13(3)17(4,5)12-18-16(21)15-11-14(8-2)22-19-15/h11,13H,7-10,12H2,1-6H3,(H,18,21). The molecule has 0 bridgehead atoms. The molecule has 0 aromatic carbocycles. The molecule has 0 aliphatic heterocycles. The van der Waals surface area contributed by atoms with E-state index in [1.807, 2.05) is 6.92 Å². The van der Waals surface area contributed by atoms with Gasteiger partial charge in [-0.1, -0.05) is 39.3 Å². The van der Waals surface area contributed by atoms with Gasteiger partial charge in [0.2, 0.25) is 0 Å². The van der Waals surface area contributed by atoms with Crippen molar-refractivity contribution >= 4 is 5.91 Å². The lowest BCUT2D eigenvalue weighted by Gasteiger charge is -2.38. The van der Waals surface area contributed by atoms with Gasteiger partial charge in [-0.15, -0.1) is 0 Å². The average Bonchev–Trinajstić information content (AvgIpc) is 2.98. The van der Waals surface area contributed by atoms with Crippen molar-refractivity contribution in [2.24, 2.45) is 5.41 Å². The van der Waals surface area contributed by atoms with Crippen LogP contribution in [0, 0.1) is 5.41 Å². The number of nitrogens with one attached hydrogen (secondary N) is 1. The highest BCUT2D eigenvalue weighted by atomic mass is 16.5. The van der Waals surface area contributed by atoms with Crippen LogP contribution in [0.2, 0.25) is 0 Å². The molecule has 0 aliphatic carbocycles. The number of carbonyl (C=O) groups is 1. The molecule has 0 saturated heterocycles. The van der Waals surface area contributed by atoms with Crippen molar-refractivity contribution in [3.05, 3.63) is 17.5 Å². The largest absolute Gasteiger partial charge is 0.361 e. The summed E-state index contributed by atoms with van der Waals surface area (Å²) < 4.78 is 5.08. The summed E-state index contributed by atoms with van der Waals surface area (Å²) >= 11 is 0. The first-order valence-electron chi connectivity index (χ1n) is 8.25. The Balaban J connectivity index is 2.54. The van der Waals surface area contributed by atoms with Crippen LogP contribution in [-0.2, 0) is 6.42 Å². The number of amides is 1. The van der Waals surface area contributed by atoms with Gasteiger partial charge in [0.25, 0.3) is 5.91 Å². The molecule has 1 aromatic heterocycles. The van der Waals surface area contributed by atoms with E-state index in [4.69, 9.17) is 4.52 Å². The number of carbonyl (C=O) groups excluding carboxylic acids is 1. The highest BCUT2D eigenvalue weighted by Gasteiger charge is 2.29. The fourth-order valence-corrected chi connectivity index (χ4v) is 2.33. The summed E-state index contributed by atoms with van der Waals surface area (Å²) in [5.41, 5.74) is 0.342. The number of hydrogen-bond donors (Lipinski definition) is 1. The van der Waals surface area contributed by atoms with Crippen LogP contribution in [0.15, 0.2) is 10.6 Å². The number of nitrogens with zero attached hydrogens (tertiary/aromatic N) is 2. The second-order valence-corrected chi connectivity index (χ2v) is 6.71. The third kappa shape index (κ3) is 5.13. The van der Waals surface area contributed by atoms with E-state index in [1.54, 1.807) is 6.07 Å². The smallest absolute Gasteiger partial charge is 0.273 e. The molecule has 0 saturated carbocycles. The predicted octanol–water partition coefficient (Wildman–Crippen LogP) is 3.11. The maximum atomic E-state index is 12.1. The fraction of sp³-hybridized carbons (Fsp3) is 0.765. The molecular weight excluding hydrogens is 278 g/mol. The van der Waals surface area contributed by atoms with Crippen LogP contribution < -0.4 is 5.32 Å². The SMILES string of the molecule is CCCCN(C)C(C)C(C)(C)CNC(=O)c1cc(CC)on1. The summed E-state index contributed by atoms with van der Waals surface area (Å²) in [4.78, 5) is 14.5. The molecule has 126 valence electrons. The highest BCUT2D eigenvalue weighted by molar-refractivity contribution is 5.92. The Morgan fingerprint density at radius 3 is 2.68 bits per heavy atom. The number of hydrogen-bond acceptors (Lipinski definition) is 4. The molecule has 1 aromatic rings. The molecule has 22 heavy (non-hydrogen) atoms. The molecule has 0 spiro atoms. The summed E-state index contributed by atoms with van der Waals surface area (Å²) in [5.74, 6) is 0.567. The second kappa shape index (κ2) is 8.32. The predicted molar refractivity (Wildman–Crippen MR) is 89.0 cm³/mol. The van der Waals surface area contributed by atoms with E-state index in [-0.39, 0.29) is 11.3 Å². The summed E-state index contributed by atoms with van der Waals surface area (Å²) in [6.07, 6.45) is 3.13. The van der Waals surface area contributed by atoms with Gasteiger partial charge >= 0.3 is 0 Å². The van der Waals surface area contributed by atoms with Crippen LogP contribution in [-0.4, -0.2) is 42.1 Å². The first kappa shape index (κ1) is 18.7. The van der Waals surface area contributed by atoms with Gasteiger partial charge in [-0.3, -0.25) is 4.79 Å². The van der Waals surface area contributed by atoms with E-state index in [0.29, 0.717) is 18.3 Å². The molecule has 5 nitrogen and oxygen atoms in total. The third-order valence-corrected chi connectivity index (χ3v) is 4.50. The van der Waals surface area contributed by atoms with Crippen LogP contribution in [0.4, 0.5) is 0 Å². The Hall–Kier alpha value is -1.36. The zero-order chi connectivity index (χ0) is 16.8. The van der Waals surface area contributed by atoms with Crippen LogP contribution in [0.1, 0.15) is 63.7 Å². The van der Waals surface area contributed by atoms with Gasteiger partial charge in [-0.2, -0.15) is 0 Å². The summed E-state index contributed by atoms with van der Waals surface area (Å²) in [5, 5.41) is 6.79. The van der Waals surface area contributed by atoms with E-state index < -0.39 is 0 Å². The number of aromatic nitrogens is 1. The molecular formula is C17H31N3O2. The molecule has 1 rings (SSSR count). The van der Waals surface area contributed by atoms with Crippen molar-refractivity contribution in [3.63, 3.8) is 0 Å². The fourth-order valence-electron chi connectivity index (χ4n) is 2.33. The van der Waals surface area contributed by atoms with Crippen molar-refractivity contribution in [3.8, 4) is 0 Å². The molecule has 1 heterocycles. The minimum absolute atomic E-state index is 0.0184. The quantitative estimate of drug-likeness (QED) is 0.761. The molecule has 1 N–H and O–H groups in total. The monoisotopic (exact) mass is 309 g/mol. The van der Waals surface area contributed by atoms with Crippen LogP contribution in [0.25, 0.3) is 0 Å². The molecule has 0 aliphatic rings. The first-order valence-corrected chi connectivity index (χ1v) is 8.25. The van der Waals surface area contributed by atoms with Crippen molar-refractivity contribution in [1.29, 1.82) is 0 Å². The van der Waals surface area contributed by atoms with Crippen LogP contribution in [0.3, 0.4) is 0 Å². The summed E-state index contributed by atoms with van der Waals surface area (Å²) in [7, 11) is 2.15. The third-order valence-electron chi connectivity index (χ3n) is 4.50. The molecule has 0 fully saturated rings. The van der Waals surface area contributed by atoms with E-state index >= 15 is 0 Å². The zero-order valence-electron chi connectivity index (χ0n) is 14.9. The van der Waals surface area contributed by atoms with Gasteiger partial charge in [0.1, 0.15) is 5.76 Å². The molecule has 1 amide bonds. The highest BCUT2D eigenvalue weighted by Crippen LogP contribution is 2.24. The van der Waals surface area contributed by atoms with Gasteiger partial charge in [-0.05, 0) is 32.4 Å². The lowest BCUT2D eigenvalue weighted by Crippen LogP contribution is -2.47. The van der Waals surface area contributed by atoms with E-state index in [9.17, 15) is 4.79 Å². The van der Waals surface area contributed by atoms with Crippen molar-refractivity contribution in [2.45, 2.75) is 59.9 Å². The normalized spacial score (nSPS) is 13.4. The Kier molecular flexibility index (Phi) is 7.07. The summed E-state index contributed by atoms with van der Waals surface area (Å²) in [6.45, 7) is 12.4. The Labute approximate surface area is 134 Å².